The third-order valence-corrected chi connectivity index (χ3v) is 7.03. The number of piperidine rings is 1. The monoisotopic (exact) mass is 464 g/mol. The number of likely N-dealkylation sites (tertiary alicyclic amines) is 1. The maximum absolute atomic E-state index is 13.7. The minimum absolute atomic E-state index is 0.113. The number of pyridine rings is 1. The highest BCUT2D eigenvalue weighted by Gasteiger charge is 2.23. The van der Waals surface area contributed by atoms with Gasteiger partial charge < -0.3 is 9.64 Å². The molecule has 1 amide bonds. The first kappa shape index (κ1) is 21.4. The fraction of sp³-hybridized carbons (Fsp3) is 0.333. The second-order valence-corrected chi connectivity index (χ2v) is 9.01. The van der Waals surface area contributed by atoms with E-state index in [4.69, 9.17) is 4.74 Å². The van der Waals surface area contributed by atoms with Crippen LogP contribution < -0.4 is 16.0 Å². The molecular weight excluding hydrogens is 440 g/mol. The molecule has 0 saturated carbocycles. The van der Waals surface area contributed by atoms with E-state index in [1.807, 2.05) is 13.0 Å². The van der Waals surface area contributed by atoms with Gasteiger partial charge in [0, 0.05) is 24.7 Å². The van der Waals surface area contributed by atoms with Gasteiger partial charge in [-0.3, -0.25) is 14.2 Å². The van der Waals surface area contributed by atoms with Gasteiger partial charge in [-0.05, 0) is 62.6 Å². The van der Waals surface area contributed by atoms with Gasteiger partial charge in [0.05, 0.1) is 17.8 Å². The molecule has 8 nitrogen and oxygen atoms in total. The Bertz CT molecular complexity index is 1450. The number of carbonyl (C=O) groups is 1. The summed E-state index contributed by atoms with van der Waals surface area (Å²) in [5.41, 5.74) is -0.0417. The summed E-state index contributed by atoms with van der Waals surface area (Å²) in [5, 5.41) is 0.706. The van der Waals surface area contributed by atoms with Crippen LogP contribution in [0.4, 0.5) is 0 Å². The summed E-state index contributed by atoms with van der Waals surface area (Å²) in [7, 11) is 0. The Labute approximate surface area is 193 Å². The minimum atomic E-state index is -0.537. The first-order valence-electron chi connectivity index (χ1n) is 11.1. The number of thiophene rings is 1. The Hall–Kier alpha value is -3.46. The highest BCUT2D eigenvalue weighted by atomic mass is 32.1. The summed E-state index contributed by atoms with van der Waals surface area (Å²) >= 11 is 1.24. The summed E-state index contributed by atoms with van der Waals surface area (Å²) in [6.45, 7) is 3.68. The molecule has 4 aromatic rings. The fourth-order valence-electron chi connectivity index (χ4n) is 4.35. The topological polar surface area (TPSA) is 86.4 Å². The third kappa shape index (κ3) is 3.82. The lowest BCUT2D eigenvalue weighted by molar-refractivity contribution is -0.132. The largest absolute Gasteiger partial charge is 0.494 e. The van der Waals surface area contributed by atoms with Crippen molar-refractivity contribution in [2.24, 2.45) is 0 Å². The van der Waals surface area contributed by atoms with Crippen LogP contribution in [0.15, 0.2) is 52.2 Å². The quantitative estimate of drug-likeness (QED) is 0.453. The molecular formula is C24H24N4O4S. The van der Waals surface area contributed by atoms with Gasteiger partial charge in [0.25, 0.3) is 5.56 Å². The Morgan fingerprint density at radius 3 is 2.58 bits per heavy atom. The second-order valence-electron chi connectivity index (χ2n) is 8.01. The Balaban J connectivity index is 1.71. The smallest absolute Gasteiger partial charge is 0.336 e. The molecule has 1 aliphatic rings. The molecule has 1 saturated heterocycles. The first-order chi connectivity index (χ1) is 16.1. The van der Waals surface area contributed by atoms with Gasteiger partial charge in [0.15, 0.2) is 0 Å². The van der Waals surface area contributed by atoms with Crippen molar-refractivity contribution in [3.05, 3.63) is 63.4 Å². The van der Waals surface area contributed by atoms with Crippen LogP contribution in [0.3, 0.4) is 0 Å². The average molecular weight is 465 g/mol. The molecule has 33 heavy (non-hydrogen) atoms. The Morgan fingerprint density at radius 1 is 1.09 bits per heavy atom. The molecule has 1 aliphatic heterocycles. The Kier molecular flexibility index (Phi) is 5.72. The summed E-state index contributed by atoms with van der Waals surface area (Å²) in [4.78, 5) is 47.1. The second kappa shape index (κ2) is 8.82. The summed E-state index contributed by atoms with van der Waals surface area (Å²) < 4.78 is 8.46. The van der Waals surface area contributed by atoms with Crippen LogP contribution in [0.25, 0.3) is 26.1 Å². The van der Waals surface area contributed by atoms with Crippen molar-refractivity contribution in [1.82, 2.24) is 19.0 Å². The van der Waals surface area contributed by atoms with Crippen LogP contribution in [0, 0.1) is 0 Å². The predicted octanol–water partition coefficient (Wildman–Crippen LogP) is 3.17. The predicted molar refractivity (Wildman–Crippen MR) is 129 cm³/mol. The van der Waals surface area contributed by atoms with Gasteiger partial charge in [-0.15, -0.1) is 11.3 Å². The summed E-state index contributed by atoms with van der Waals surface area (Å²) in [6.07, 6.45) is 4.70. The molecule has 0 unspecified atom stereocenters. The number of rotatable bonds is 5. The maximum Gasteiger partial charge on any atom is 0.336 e. The van der Waals surface area contributed by atoms with E-state index >= 15 is 0 Å². The molecule has 3 aromatic heterocycles. The highest BCUT2D eigenvalue weighted by Crippen LogP contribution is 2.29. The van der Waals surface area contributed by atoms with Crippen LogP contribution in [0.2, 0.25) is 0 Å². The SMILES string of the molecule is CCOc1ccc(-n2c(=O)c3sc4ncccc4c3n(CC(=O)N3CCCCC3)c2=O)cc1. The van der Waals surface area contributed by atoms with Gasteiger partial charge >= 0.3 is 5.69 Å². The zero-order valence-corrected chi connectivity index (χ0v) is 19.1. The fourth-order valence-corrected chi connectivity index (χ4v) is 5.43. The van der Waals surface area contributed by atoms with Crippen molar-refractivity contribution < 1.29 is 9.53 Å². The summed E-state index contributed by atoms with van der Waals surface area (Å²) in [6, 6.07) is 10.4. The molecule has 1 fully saturated rings. The molecule has 0 aliphatic carbocycles. The third-order valence-electron chi connectivity index (χ3n) is 5.94. The number of aromatic nitrogens is 3. The van der Waals surface area contributed by atoms with E-state index in [2.05, 4.69) is 4.98 Å². The number of ether oxygens (including phenoxy) is 1. The van der Waals surface area contributed by atoms with E-state index in [0.717, 1.165) is 23.8 Å². The zero-order valence-electron chi connectivity index (χ0n) is 18.3. The standard InChI is InChI=1S/C24H24N4O4S/c1-2-32-17-10-8-16(9-11-17)28-23(30)21-20(18-7-6-12-25-22(18)33-21)27(24(28)31)15-19(29)26-13-4-3-5-14-26/h6-12H,2-5,13-15H2,1H3. The van der Waals surface area contributed by atoms with E-state index < -0.39 is 11.2 Å². The van der Waals surface area contributed by atoms with Crippen molar-refractivity contribution in [2.75, 3.05) is 19.7 Å². The number of amides is 1. The van der Waals surface area contributed by atoms with Crippen molar-refractivity contribution in [3.8, 4) is 11.4 Å². The molecule has 0 atom stereocenters. The lowest BCUT2D eigenvalue weighted by Gasteiger charge is -2.27. The van der Waals surface area contributed by atoms with Gasteiger partial charge in [0.1, 0.15) is 21.8 Å². The van der Waals surface area contributed by atoms with Crippen molar-refractivity contribution in [1.29, 1.82) is 0 Å². The van der Waals surface area contributed by atoms with Crippen LogP contribution in [-0.2, 0) is 11.3 Å². The molecule has 4 heterocycles. The van der Waals surface area contributed by atoms with Crippen LogP contribution in [0.5, 0.6) is 5.75 Å². The molecule has 0 bridgehead atoms. The average Bonchev–Trinajstić information content (AvgIpc) is 3.23. The molecule has 1 aromatic carbocycles. The molecule has 170 valence electrons. The van der Waals surface area contributed by atoms with Crippen LogP contribution in [-0.4, -0.2) is 44.6 Å². The van der Waals surface area contributed by atoms with Crippen molar-refractivity contribution >= 4 is 37.7 Å². The number of carbonyl (C=O) groups excluding carboxylic acids is 1. The van der Waals surface area contributed by atoms with Crippen LogP contribution in [0.1, 0.15) is 26.2 Å². The van der Waals surface area contributed by atoms with E-state index in [1.54, 1.807) is 41.4 Å². The Morgan fingerprint density at radius 2 is 1.85 bits per heavy atom. The number of fused-ring (bicyclic) bond motifs is 3. The molecule has 0 radical (unpaired) electrons. The summed E-state index contributed by atoms with van der Waals surface area (Å²) in [5.74, 6) is 0.542. The number of nitrogens with zero attached hydrogens (tertiary/aromatic N) is 4. The van der Waals surface area contributed by atoms with Gasteiger partial charge in [-0.25, -0.2) is 14.3 Å². The van der Waals surface area contributed by atoms with Crippen LogP contribution >= 0.6 is 11.3 Å². The normalized spacial score (nSPS) is 14.2. The lowest BCUT2D eigenvalue weighted by atomic mass is 10.1. The zero-order chi connectivity index (χ0) is 22.9. The van der Waals surface area contributed by atoms with E-state index in [-0.39, 0.29) is 12.5 Å². The lowest BCUT2D eigenvalue weighted by Crippen LogP contribution is -2.43. The number of benzene rings is 1. The van der Waals surface area contributed by atoms with E-state index in [1.165, 1.54) is 15.9 Å². The molecule has 0 N–H and O–H groups in total. The van der Waals surface area contributed by atoms with Gasteiger partial charge in [-0.2, -0.15) is 0 Å². The molecule has 5 rings (SSSR count). The van der Waals surface area contributed by atoms with E-state index in [0.29, 0.717) is 51.6 Å². The first-order valence-corrected chi connectivity index (χ1v) is 11.9. The van der Waals surface area contributed by atoms with Gasteiger partial charge in [0.2, 0.25) is 5.91 Å². The maximum atomic E-state index is 13.7. The molecule has 9 heteroatoms. The van der Waals surface area contributed by atoms with Crippen molar-refractivity contribution in [2.45, 2.75) is 32.7 Å². The molecule has 0 spiro atoms. The van der Waals surface area contributed by atoms with Crippen molar-refractivity contribution in [3.63, 3.8) is 0 Å². The number of hydrogen-bond acceptors (Lipinski definition) is 6. The van der Waals surface area contributed by atoms with Gasteiger partial charge in [-0.1, -0.05) is 0 Å². The number of hydrogen-bond donors (Lipinski definition) is 0. The minimum Gasteiger partial charge on any atom is -0.494 e. The highest BCUT2D eigenvalue weighted by molar-refractivity contribution is 7.25. The van der Waals surface area contributed by atoms with E-state index in [9.17, 15) is 14.4 Å².